The van der Waals surface area contributed by atoms with E-state index in [-0.39, 0.29) is 29.9 Å². The summed E-state index contributed by atoms with van der Waals surface area (Å²) >= 11 is 0. The van der Waals surface area contributed by atoms with E-state index in [1.54, 1.807) is 30.3 Å². The summed E-state index contributed by atoms with van der Waals surface area (Å²) in [5.41, 5.74) is 1.03. The van der Waals surface area contributed by atoms with Crippen molar-refractivity contribution in [1.82, 2.24) is 24.8 Å². The Kier molecular flexibility index (Phi) is 7.07. The number of aromatic nitrogens is 4. The van der Waals surface area contributed by atoms with E-state index in [9.17, 15) is 13.6 Å². The molecule has 0 spiro atoms. The number of benzene rings is 1. The fraction of sp³-hybridized carbons (Fsp3) is 0.538. The van der Waals surface area contributed by atoms with Gasteiger partial charge in [0.2, 0.25) is 11.9 Å². The number of hydrogen-bond acceptors (Lipinski definition) is 8. The first-order chi connectivity index (χ1) is 18.5. The molecule has 1 unspecified atom stereocenters. The van der Waals surface area contributed by atoms with E-state index in [0.29, 0.717) is 61.3 Å². The first-order valence-electron chi connectivity index (χ1n) is 13.2. The monoisotopic (exact) mass is 527 g/mol. The van der Waals surface area contributed by atoms with E-state index in [2.05, 4.69) is 20.6 Å². The molecule has 38 heavy (non-hydrogen) atoms. The highest BCUT2D eigenvalue weighted by atomic mass is 19.3. The van der Waals surface area contributed by atoms with Crippen LogP contribution < -0.4 is 15.5 Å². The minimum atomic E-state index is -2.77. The van der Waals surface area contributed by atoms with Crippen LogP contribution in [0.1, 0.15) is 44.4 Å². The molecule has 1 atom stereocenters. The highest BCUT2D eigenvalue weighted by Gasteiger charge is 2.32. The summed E-state index contributed by atoms with van der Waals surface area (Å²) in [6.07, 6.45) is 1.10. The number of carbonyl (C=O) groups excluding carboxylic acids is 1. The second-order valence-corrected chi connectivity index (χ2v) is 10.0. The van der Waals surface area contributed by atoms with Crippen LogP contribution in [0.5, 0.6) is 0 Å². The number of nitrogens with zero attached hydrogens (tertiary/aromatic N) is 5. The molecule has 2 N–H and O–H groups in total. The van der Waals surface area contributed by atoms with Crippen LogP contribution in [-0.2, 0) is 14.3 Å². The Bertz CT molecular complexity index is 1290. The van der Waals surface area contributed by atoms with Gasteiger partial charge in [0, 0.05) is 37.8 Å². The second-order valence-electron chi connectivity index (χ2n) is 10.0. The van der Waals surface area contributed by atoms with Crippen LogP contribution >= 0.6 is 0 Å². The molecule has 0 radical (unpaired) electrons. The summed E-state index contributed by atoms with van der Waals surface area (Å²) < 4.78 is 40.5. The predicted molar refractivity (Wildman–Crippen MR) is 137 cm³/mol. The first kappa shape index (κ1) is 24.9. The van der Waals surface area contributed by atoms with E-state index in [1.165, 1.54) is 4.57 Å². The third-order valence-corrected chi connectivity index (χ3v) is 7.30. The maximum Gasteiger partial charge on any atom is 0.296 e. The number of hydrogen-bond donors (Lipinski definition) is 2. The topological polar surface area (TPSA) is 106 Å². The Morgan fingerprint density at radius 3 is 2.66 bits per heavy atom. The van der Waals surface area contributed by atoms with Gasteiger partial charge in [0.25, 0.3) is 6.43 Å². The molecule has 3 fully saturated rings. The predicted octanol–water partition coefficient (Wildman–Crippen LogP) is 3.22. The molecule has 0 bridgehead atoms. The van der Waals surface area contributed by atoms with Crippen LogP contribution in [0.3, 0.4) is 0 Å². The largest absolute Gasteiger partial charge is 0.378 e. The van der Waals surface area contributed by atoms with Crippen LogP contribution in [0.4, 0.5) is 20.5 Å². The molecule has 10 nitrogen and oxygen atoms in total. The van der Waals surface area contributed by atoms with Crippen molar-refractivity contribution < 1.29 is 23.0 Å². The number of carbonyl (C=O) groups is 1. The standard InChI is InChI=1S/C26H31F2N7O3/c27-24(28)25-31-19-5-1-2-6-20(19)35(25)22-15-21(32-26(33-22)34-7-10-37-11-8-34)29-16-12-17(13-16)30-23(36)14-18-4-3-9-38-18/h1-2,5-6,15-18,24H,3-4,7-14H2,(H,30,36)(H,29,32,33)/t16-,17-,18?. The van der Waals surface area contributed by atoms with Gasteiger partial charge in [-0.15, -0.1) is 0 Å². The number of ether oxygens (including phenoxy) is 2. The molecule has 6 rings (SSSR count). The van der Waals surface area contributed by atoms with Crippen LogP contribution in [0.15, 0.2) is 30.3 Å². The van der Waals surface area contributed by atoms with Crippen molar-refractivity contribution in [3.05, 3.63) is 36.2 Å². The van der Waals surface area contributed by atoms with Crippen LogP contribution in [0.2, 0.25) is 0 Å². The highest BCUT2D eigenvalue weighted by Crippen LogP contribution is 2.30. The van der Waals surface area contributed by atoms with Gasteiger partial charge in [0.1, 0.15) is 11.6 Å². The number of fused-ring (bicyclic) bond motifs is 1. The third kappa shape index (κ3) is 5.28. The van der Waals surface area contributed by atoms with Gasteiger partial charge < -0.3 is 25.0 Å². The molecular formula is C26H31F2N7O3. The zero-order valence-corrected chi connectivity index (χ0v) is 21.0. The lowest BCUT2D eigenvalue weighted by atomic mass is 9.86. The number of morpholine rings is 1. The zero-order chi connectivity index (χ0) is 26.1. The molecule has 2 aromatic heterocycles. The van der Waals surface area contributed by atoms with E-state index in [0.717, 1.165) is 32.3 Å². The van der Waals surface area contributed by atoms with E-state index >= 15 is 0 Å². The normalized spacial score (nSPS) is 23.6. The number of nitrogens with one attached hydrogen (secondary N) is 2. The molecule has 3 aromatic rings. The summed E-state index contributed by atoms with van der Waals surface area (Å²) in [7, 11) is 0. The summed E-state index contributed by atoms with van der Waals surface area (Å²) in [6.45, 7) is 3.04. The lowest BCUT2D eigenvalue weighted by Crippen LogP contribution is -2.50. The molecule has 2 saturated heterocycles. The summed E-state index contributed by atoms with van der Waals surface area (Å²) in [5, 5.41) is 6.51. The first-order valence-corrected chi connectivity index (χ1v) is 13.2. The van der Waals surface area contributed by atoms with Crippen molar-refractivity contribution in [2.45, 2.75) is 56.7 Å². The molecule has 12 heteroatoms. The fourth-order valence-corrected chi connectivity index (χ4v) is 5.31. The molecule has 4 heterocycles. The van der Waals surface area contributed by atoms with Crippen LogP contribution in [0, 0.1) is 0 Å². The lowest BCUT2D eigenvalue weighted by molar-refractivity contribution is -0.124. The zero-order valence-electron chi connectivity index (χ0n) is 21.0. The van der Waals surface area contributed by atoms with E-state index in [4.69, 9.17) is 14.5 Å². The fourth-order valence-electron chi connectivity index (χ4n) is 5.31. The average Bonchev–Trinajstić information content (AvgIpc) is 3.55. The molecule has 3 aliphatic rings. The molecule has 1 amide bonds. The quantitative estimate of drug-likeness (QED) is 0.460. The van der Waals surface area contributed by atoms with Crippen molar-refractivity contribution in [2.75, 3.05) is 43.1 Å². The molecule has 202 valence electrons. The minimum absolute atomic E-state index is 0.0193. The van der Waals surface area contributed by atoms with Crippen molar-refractivity contribution in [3.8, 4) is 5.82 Å². The average molecular weight is 528 g/mol. The van der Waals surface area contributed by atoms with Crippen molar-refractivity contribution in [2.24, 2.45) is 0 Å². The molecule has 1 saturated carbocycles. The summed E-state index contributed by atoms with van der Waals surface area (Å²) in [5.74, 6) is 0.983. The van der Waals surface area contributed by atoms with Crippen molar-refractivity contribution in [3.63, 3.8) is 0 Å². The van der Waals surface area contributed by atoms with Crippen molar-refractivity contribution in [1.29, 1.82) is 0 Å². The summed E-state index contributed by atoms with van der Waals surface area (Å²) in [6, 6.07) is 8.90. The highest BCUT2D eigenvalue weighted by molar-refractivity contribution is 5.78. The lowest BCUT2D eigenvalue weighted by Gasteiger charge is -2.37. The van der Waals surface area contributed by atoms with Gasteiger partial charge in [0.15, 0.2) is 5.82 Å². The third-order valence-electron chi connectivity index (χ3n) is 7.30. The van der Waals surface area contributed by atoms with E-state index in [1.807, 2.05) is 4.90 Å². The molecular weight excluding hydrogens is 496 g/mol. The maximum atomic E-state index is 14.0. The van der Waals surface area contributed by atoms with Gasteiger partial charge >= 0.3 is 0 Å². The van der Waals surface area contributed by atoms with Gasteiger partial charge in [0.05, 0.1) is 36.8 Å². The minimum Gasteiger partial charge on any atom is -0.378 e. The van der Waals surface area contributed by atoms with Gasteiger partial charge in [-0.05, 0) is 37.8 Å². The number of amides is 1. The van der Waals surface area contributed by atoms with E-state index < -0.39 is 6.43 Å². The number of anilines is 2. The van der Waals surface area contributed by atoms with Gasteiger partial charge in [-0.2, -0.15) is 9.97 Å². The Morgan fingerprint density at radius 1 is 1.08 bits per heavy atom. The Hall–Kier alpha value is -3.38. The second kappa shape index (κ2) is 10.8. The van der Waals surface area contributed by atoms with Crippen LogP contribution in [-0.4, -0.2) is 76.5 Å². The summed E-state index contributed by atoms with van der Waals surface area (Å²) in [4.78, 5) is 27.9. The maximum absolute atomic E-state index is 14.0. The Labute approximate surface area is 218 Å². The van der Waals surface area contributed by atoms with Gasteiger partial charge in [-0.1, -0.05) is 12.1 Å². The van der Waals surface area contributed by atoms with Gasteiger partial charge in [-0.3, -0.25) is 9.36 Å². The smallest absolute Gasteiger partial charge is 0.296 e. The molecule has 2 aliphatic heterocycles. The molecule has 1 aliphatic carbocycles. The number of alkyl halides is 2. The van der Waals surface area contributed by atoms with Crippen LogP contribution in [0.25, 0.3) is 16.9 Å². The number of para-hydroxylation sites is 2. The van der Waals surface area contributed by atoms with Crippen molar-refractivity contribution >= 4 is 28.7 Å². The molecule has 1 aromatic carbocycles. The Morgan fingerprint density at radius 2 is 1.89 bits per heavy atom. The SMILES string of the molecule is O=C(CC1CCCO1)N[C@H]1C[C@H](Nc2cc(-n3c(C(F)F)nc4ccccc43)nc(N3CCOCC3)n2)C1. The van der Waals surface area contributed by atoms with Gasteiger partial charge in [-0.25, -0.2) is 13.8 Å². The number of imidazole rings is 1. The number of rotatable bonds is 8. The number of halogens is 2. The Balaban J connectivity index is 1.22.